The van der Waals surface area contributed by atoms with E-state index in [4.69, 9.17) is 9.47 Å². The number of carbonyl (C=O) groups is 1. The first-order valence-corrected chi connectivity index (χ1v) is 7.56. The van der Waals surface area contributed by atoms with E-state index in [1.807, 2.05) is 30.3 Å². The molecule has 2 aromatic rings. The minimum atomic E-state index is -0.350. The highest BCUT2D eigenvalue weighted by Gasteiger charge is 2.15. The number of ether oxygens (including phenoxy) is 2. The van der Waals surface area contributed by atoms with Gasteiger partial charge in [-0.2, -0.15) is 0 Å². The van der Waals surface area contributed by atoms with Gasteiger partial charge < -0.3 is 14.8 Å². The highest BCUT2D eigenvalue weighted by molar-refractivity contribution is 6.01. The Bertz CT molecular complexity index is 698. The van der Waals surface area contributed by atoms with E-state index in [0.29, 0.717) is 19.0 Å². The van der Waals surface area contributed by atoms with E-state index in [1.54, 1.807) is 6.20 Å². The fourth-order valence-electron chi connectivity index (χ4n) is 2.30. The number of pyridine rings is 1. The third-order valence-electron chi connectivity index (χ3n) is 3.48. The fourth-order valence-corrected chi connectivity index (χ4v) is 2.30. The van der Waals surface area contributed by atoms with Gasteiger partial charge >= 0.3 is 0 Å². The number of nitrogens with one attached hydrogen (secondary N) is 1. The van der Waals surface area contributed by atoms with Gasteiger partial charge in [0.1, 0.15) is 25.3 Å². The van der Waals surface area contributed by atoms with E-state index >= 15 is 0 Å². The molecule has 0 unspecified atom stereocenters. The minimum absolute atomic E-state index is 0.174. The highest BCUT2D eigenvalue weighted by Crippen LogP contribution is 2.13. The van der Waals surface area contributed by atoms with E-state index < -0.39 is 0 Å². The Morgan fingerprint density at radius 1 is 1.09 bits per heavy atom. The van der Waals surface area contributed by atoms with Gasteiger partial charge in [0.15, 0.2) is 0 Å². The molecule has 1 aliphatic rings. The van der Waals surface area contributed by atoms with Crippen LogP contribution in [0.5, 0.6) is 0 Å². The van der Waals surface area contributed by atoms with E-state index in [-0.39, 0.29) is 11.7 Å². The van der Waals surface area contributed by atoms with Gasteiger partial charge in [0.2, 0.25) is 5.76 Å². The standard InChI is InChI=1S/C18H18N2O3/c21-18(16-13-22-10-11-23-16)20-17-12-15(8-9-19-17)7-6-14-4-2-1-3-5-14/h1-5,8-9,12-13H,6-7,10-11H2,(H,19,20,21). The third kappa shape index (κ3) is 4.32. The van der Waals surface area contributed by atoms with Gasteiger partial charge in [-0.25, -0.2) is 4.98 Å². The van der Waals surface area contributed by atoms with Crippen molar-refractivity contribution in [3.63, 3.8) is 0 Å². The second-order valence-electron chi connectivity index (χ2n) is 5.19. The molecule has 0 spiro atoms. The molecule has 23 heavy (non-hydrogen) atoms. The normalized spacial score (nSPS) is 13.5. The molecule has 0 aliphatic carbocycles. The SMILES string of the molecule is O=C(Nc1cc(CCc2ccccc2)ccn1)C1=COCCO1. The number of anilines is 1. The van der Waals surface area contributed by atoms with Crippen molar-refractivity contribution < 1.29 is 14.3 Å². The molecule has 2 heterocycles. The predicted molar refractivity (Wildman–Crippen MR) is 86.7 cm³/mol. The van der Waals surface area contributed by atoms with Crippen LogP contribution in [0.3, 0.4) is 0 Å². The lowest BCUT2D eigenvalue weighted by atomic mass is 10.1. The summed E-state index contributed by atoms with van der Waals surface area (Å²) in [5.41, 5.74) is 2.40. The highest BCUT2D eigenvalue weighted by atomic mass is 16.6. The average molecular weight is 310 g/mol. The molecular formula is C18H18N2O3. The summed E-state index contributed by atoms with van der Waals surface area (Å²) in [6, 6.07) is 14.1. The summed E-state index contributed by atoms with van der Waals surface area (Å²) in [4.78, 5) is 16.2. The smallest absolute Gasteiger partial charge is 0.295 e. The van der Waals surface area contributed by atoms with Crippen molar-refractivity contribution in [1.82, 2.24) is 4.98 Å². The molecule has 1 amide bonds. The second kappa shape index (κ2) is 7.45. The molecule has 0 fully saturated rings. The van der Waals surface area contributed by atoms with E-state index in [2.05, 4.69) is 22.4 Å². The van der Waals surface area contributed by atoms with Gasteiger partial charge in [-0.3, -0.25) is 4.79 Å². The Morgan fingerprint density at radius 2 is 1.91 bits per heavy atom. The largest absolute Gasteiger partial charge is 0.494 e. The van der Waals surface area contributed by atoms with Crippen LogP contribution in [0.25, 0.3) is 0 Å². The van der Waals surface area contributed by atoms with Gasteiger partial charge in [0, 0.05) is 6.20 Å². The third-order valence-corrected chi connectivity index (χ3v) is 3.48. The van der Waals surface area contributed by atoms with Crippen LogP contribution in [0.2, 0.25) is 0 Å². The molecule has 0 atom stereocenters. The monoisotopic (exact) mass is 310 g/mol. The fraction of sp³-hybridized carbons (Fsp3) is 0.222. The average Bonchev–Trinajstić information content (AvgIpc) is 2.62. The molecule has 118 valence electrons. The van der Waals surface area contributed by atoms with Crippen LogP contribution in [0, 0.1) is 0 Å². The maximum Gasteiger partial charge on any atom is 0.295 e. The predicted octanol–water partition coefficient (Wildman–Crippen LogP) is 2.69. The van der Waals surface area contributed by atoms with Gasteiger partial charge in [0.25, 0.3) is 5.91 Å². The number of hydrogen-bond acceptors (Lipinski definition) is 4. The molecule has 0 radical (unpaired) electrons. The van der Waals surface area contributed by atoms with Crippen LogP contribution in [0.15, 0.2) is 60.7 Å². The number of hydrogen-bond donors (Lipinski definition) is 1. The van der Waals surface area contributed by atoms with E-state index in [1.165, 1.54) is 11.8 Å². The number of aryl methyl sites for hydroxylation is 2. The van der Waals surface area contributed by atoms with Crippen molar-refractivity contribution in [3.05, 3.63) is 71.8 Å². The van der Waals surface area contributed by atoms with Crippen molar-refractivity contribution in [3.8, 4) is 0 Å². The summed E-state index contributed by atoms with van der Waals surface area (Å²) in [5, 5.41) is 2.73. The Morgan fingerprint density at radius 3 is 2.70 bits per heavy atom. The maximum absolute atomic E-state index is 12.0. The summed E-state index contributed by atoms with van der Waals surface area (Å²) in [5.74, 6) is 0.334. The molecule has 1 N–H and O–H groups in total. The summed E-state index contributed by atoms with van der Waals surface area (Å²) in [6.07, 6.45) is 4.86. The lowest BCUT2D eigenvalue weighted by Gasteiger charge is -2.14. The molecular weight excluding hydrogens is 292 g/mol. The summed E-state index contributed by atoms with van der Waals surface area (Å²) in [7, 11) is 0. The molecule has 3 rings (SSSR count). The van der Waals surface area contributed by atoms with Crippen LogP contribution >= 0.6 is 0 Å². The van der Waals surface area contributed by atoms with E-state index in [9.17, 15) is 4.79 Å². The summed E-state index contributed by atoms with van der Waals surface area (Å²) >= 11 is 0. The number of rotatable bonds is 5. The molecule has 5 heteroatoms. The van der Waals surface area contributed by atoms with Crippen molar-refractivity contribution in [2.45, 2.75) is 12.8 Å². The van der Waals surface area contributed by atoms with E-state index in [0.717, 1.165) is 18.4 Å². The van der Waals surface area contributed by atoms with Crippen LogP contribution in [0.1, 0.15) is 11.1 Å². The molecule has 0 saturated carbocycles. The zero-order chi connectivity index (χ0) is 15.9. The van der Waals surface area contributed by atoms with Gasteiger partial charge in [-0.05, 0) is 36.1 Å². The van der Waals surface area contributed by atoms with Crippen LogP contribution in [-0.2, 0) is 27.1 Å². The van der Waals surface area contributed by atoms with Crippen LogP contribution in [0.4, 0.5) is 5.82 Å². The molecule has 1 aromatic heterocycles. The minimum Gasteiger partial charge on any atom is -0.494 e. The lowest BCUT2D eigenvalue weighted by Crippen LogP contribution is -2.21. The Balaban J connectivity index is 1.60. The Kier molecular flexibility index (Phi) is 4.88. The van der Waals surface area contributed by atoms with Crippen molar-refractivity contribution in [2.24, 2.45) is 0 Å². The lowest BCUT2D eigenvalue weighted by molar-refractivity contribution is -0.117. The van der Waals surface area contributed by atoms with Crippen LogP contribution < -0.4 is 5.32 Å². The Labute approximate surface area is 135 Å². The van der Waals surface area contributed by atoms with Crippen molar-refractivity contribution in [1.29, 1.82) is 0 Å². The number of nitrogens with zero attached hydrogens (tertiary/aromatic N) is 1. The second-order valence-corrected chi connectivity index (χ2v) is 5.19. The Hall–Kier alpha value is -2.82. The zero-order valence-corrected chi connectivity index (χ0v) is 12.7. The zero-order valence-electron chi connectivity index (χ0n) is 12.7. The first-order valence-electron chi connectivity index (χ1n) is 7.56. The number of carbonyl (C=O) groups excluding carboxylic acids is 1. The van der Waals surface area contributed by atoms with Gasteiger partial charge in [-0.1, -0.05) is 30.3 Å². The maximum atomic E-state index is 12.0. The topological polar surface area (TPSA) is 60.5 Å². The quantitative estimate of drug-likeness (QED) is 0.922. The van der Waals surface area contributed by atoms with Crippen molar-refractivity contribution >= 4 is 11.7 Å². The molecule has 1 aromatic carbocycles. The summed E-state index contributed by atoms with van der Waals surface area (Å²) < 4.78 is 10.3. The number of aromatic nitrogens is 1. The van der Waals surface area contributed by atoms with Gasteiger partial charge in [0.05, 0.1) is 0 Å². The van der Waals surface area contributed by atoms with Crippen molar-refractivity contribution in [2.75, 3.05) is 18.5 Å². The first kappa shape index (κ1) is 15.1. The van der Waals surface area contributed by atoms with Gasteiger partial charge in [-0.15, -0.1) is 0 Å². The number of amides is 1. The first-order chi connectivity index (χ1) is 11.3. The molecule has 0 bridgehead atoms. The number of benzene rings is 1. The summed E-state index contributed by atoms with van der Waals surface area (Å²) in [6.45, 7) is 0.841. The molecule has 1 aliphatic heterocycles. The molecule has 0 saturated heterocycles. The van der Waals surface area contributed by atoms with Crippen LogP contribution in [-0.4, -0.2) is 24.1 Å². The molecule has 5 nitrogen and oxygen atoms in total.